The second-order valence-electron chi connectivity index (χ2n) is 4.33. The molecule has 0 saturated heterocycles. The lowest BCUT2D eigenvalue weighted by Crippen LogP contribution is -2.05. The van der Waals surface area contributed by atoms with Gasteiger partial charge in [0.25, 0.3) is 0 Å². The molecular weight excluding hydrogens is 286 g/mol. The number of fused-ring (bicyclic) bond motifs is 1. The van der Waals surface area contributed by atoms with E-state index < -0.39 is 0 Å². The maximum absolute atomic E-state index is 4.66. The number of rotatable bonds is 5. The lowest BCUT2D eigenvalue weighted by molar-refractivity contribution is 0.946. The number of aromatic nitrogens is 2. The largest absolute Gasteiger partial charge is 0.354 e. The van der Waals surface area contributed by atoms with E-state index in [0.717, 1.165) is 28.9 Å². The molecule has 0 bridgehead atoms. The van der Waals surface area contributed by atoms with Crippen LogP contribution in [0.2, 0.25) is 0 Å². The number of nitrogens with one attached hydrogen (secondary N) is 1. The van der Waals surface area contributed by atoms with Crippen molar-refractivity contribution in [2.75, 3.05) is 11.9 Å². The summed E-state index contributed by atoms with van der Waals surface area (Å²) in [4.78, 5) is 9.23. The molecule has 2 heterocycles. The van der Waals surface area contributed by atoms with Crippen LogP contribution in [0.15, 0.2) is 51.0 Å². The Morgan fingerprint density at radius 1 is 1.15 bits per heavy atom. The molecule has 0 aliphatic carbocycles. The van der Waals surface area contributed by atoms with Crippen LogP contribution in [0.25, 0.3) is 10.9 Å². The Morgan fingerprint density at radius 3 is 2.85 bits per heavy atom. The predicted octanol–water partition coefficient (Wildman–Crippen LogP) is 4.66. The van der Waals surface area contributed by atoms with Gasteiger partial charge in [0.05, 0.1) is 9.73 Å². The summed E-state index contributed by atoms with van der Waals surface area (Å²) in [6, 6.07) is 12.3. The summed E-state index contributed by atoms with van der Waals surface area (Å²) in [5.41, 5.74) is 0.986. The molecule has 102 valence electrons. The molecule has 0 unspecified atom stereocenters. The normalized spacial score (nSPS) is 10.8. The van der Waals surface area contributed by atoms with E-state index in [4.69, 9.17) is 0 Å². The fourth-order valence-electron chi connectivity index (χ4n) is 1.86. The van der Waals surface area contributed by atoms with E-state index in [9.17, 15) is 0 Å². The first kappa shape index (κ1) is 13.4. The molecule has 0 amide bonds. The standard InChI is InChI=1S/C15H15N3S2/c1-2-9-16-15-17-12-7-4-3-6-11(12)14(18-15)20-13-8-5-10-19-13/h3-8,10H,2,9H2,1H3,(H,16,17,18). The first-order valence-electron chi connectivity index (χ1n) is 6.59. The van der Waals surface area contributed by atoms with Crippen molar-refractivity contribution in [3.8, 4) is 0 Å². The fraction of sp³-hybridized carbons (Fsp3) is 0.200. The number of para-hydroxylation sites is 1. The molecule has 0 spiro atoms. The molecule has 3 rings (SSSR count). The predicted molar refractivity (Wildman–Crippen MR) is 86.8 cm³/mol. The molecule has 5 heteroatoms. The van der Waals surface area contributed by atoms with Crippen molar-refractivity contribution < 1.29 is 0 Å². The van der Waals surface area contributed by atoms with Gasteiger partial charge in [-0.2, -0.15) is 0 Å². The van der Waals surface area contributed by atoms with Gasteiger partial charge in [-0.1, -0.05) is 43.0 Å². The highest BCUT2D eigenvalue weighted by molar-refractivity contribution is 8.01. The number of benzene rings is 1. The zero-order valence-electron chi connectivity index (χ0n) is 11.2. The molecule has 0 fully saturated rings. The van der Waals surface area contributed by atoms with E-state index in [1.165, 1.54) is 4.21 Å². The van der Waals surface area contributed by atoms with Crippen LogP contribution in [0, 0.1) is 0 Å². The second-order valence-corrected chi connectivity index (χ2v) is 6.57. The Labute approximate surface area is 126 Å². The summed E-state index contributed by atoms with van der Waals surface area (Å²) >= 11 is 3.43. The Balaban J connectivity index is 2.02. The number of hydrogen-bond donors (Lipinski definition) is 1. The van der Waals surface area contributed by atoms with E-state index in [1.807, 2.05) is 18.2 Å². The van der Waals surface area contributed by atoms with Crippen LogP contribution >= 0.6 is 23.1 Å². The zero-order chi connectivity index (χ0) is 13.8. The van der Waals surface area contributed by atoms with Gasteiger partial charge in [-0.25, -0.2) is 9.97 Å². The number of thiophene rings is 1. The van der Waals surface area contributed by atoms with Crippen molar-refractivity contribution in [2.24, 2.45) is 0 Å². The van der Waals surface area contributed by atoms with Crippen LogP contribution in [-0.2, 0) is 0 Å². The fourth-order valence-corrected chi connectivity index (χ4v) is 3.65. The number of hydrogen-bond acceptors (Lipinski definition) is 5. The molecular formula is C15H15N3S2. The minimum absolute atomic E-state index is 0.713. The third kappa shape index (κ3) is 2.94. The van der Waals surface area contributed by atoms with E-state index >= 15 is 0 Å². The highest BCUT2D eigenvalue weighted by atomic mass is 32.2. The van der Waals surface area contributed by atoms with Gasteiger partial charge in [0, 0.05) is 11.9 Å². The van der Waals surface area contributed by atoms with Crippen LogP contribution in [0.5, 0.6) is 0 Å². The highest BCUT2D eigenvalue weighted by Crippen LogP contribution is 2.34. The Morgan fingerprint density at radius 2 is 2.05 bits per heavy atom. The number of anilines is 1. The van der Waals surface area contributed by atoms with E-state index in [1.54, 1.807) is 23.1 Å². The quantitative estimate of drug-likeness (QED) is 0.695. The topological polar surface area (TPSA) is 37.8 Å². The summed E-state index contributed by atoms with van der Waals surface area (Å²) < 4.78 is 1.25. The van der Waals surface area contributed by atoms with Crippen molar-refractivity contribution in [3.05, 3.63) is 41.8 Å². The van der Waals surface area contributed by atoms with E-state index in [2.05, 4.69) is 45.8 Å². The second kappa shape index (κ2) is 6.24. The molecule has 3 aromatic rings. The first-order valence-corrected chi connectivity index (χ1v) is 8.28. The minimum Gasteiger partial charge on any atom is -0.354 e. The van der Waals surface area contributed by atoms with Crippen LogP contribution in [0.4, 0.5) is 5.95 Å². The SMILES string of the molecule is CCCNc1nc(Sc2cccs2)c2ccccc2n1. The molecule has 1 aromatic carbocycles. The van der Waals surface area contributed by atoms with E-state index in [0.29, 0.717) is 5.95 Å². The van der Waals surface area contributed by atoms with Gasteiger partial charge >= 0.3 is 0 Å². The van der Waals surface area contributed by atoms with Gasteiger partial charge in [-0.15, -0.1) is 11.3 Å². The molecule has 3 nitrogen and oxygen atoms in total. The number of nitrogens with zero attached hydrogens (tertiary/aromatic N) is 2. The summed E-state index contributed by atoms with van der Waals surface area (Å²) in [6.07, 6.45) is 1.06. The summed E-state index contributed by atoms with van der Waals surface area (Å²) in [5, 5.41) is 7.47. The maximum atomic E-state index is 4.66. The minimum atomic E-state index is 0.713. The smallest absolute Gasteiger partial charge is 0.224 e. The molecule has 0 saturated carbocycles. The van der Waals surface area contributed by atoms with Crippen molar-refractivity contribution in [1.29, 1.82) is 0 Å². The maximum Gasteiger partial charge on any atom is 0.224 e. The third-order valence-corrected chi connectivity index (χ3v) is 4.84. The van der Waals surface area contributed by atoms with Gasteiger partial charge in [-0.05, 0) is 23.9 Å². The van der Waals surface area contributed by atoms with Gasteiger partial charge in [-0.3, -0.25) is 0 Å². The van der Waals surface area contributed by atoms with Crippen molar-refractivity contribution in [1.82, 2.24) is 9.97 Å². The Bertz CT molecular complexity index is 695. The van der Waals surface area contributed by atoms with Crippen LogP contribution in [0.3, 0.4) is 0 Å². The van der Waals surface area contributed by atoms with Crippen LogP contribution in [0.1, 0.15) is 13.3 Å². The van der Waals surface area contributed by atoms with Gasteiger partial charge in [0.1, 0.15) is 5.03 Å². The molecule has 0 aliphatic rings. The van der Waals surface area contributed by atoms with Crippen molar-refractivity contribution in [2.45, 2.75) is 22.6 Å². The van der Waals surface area contributed by atoms with Crippen molar-refractivity contribution in [3.63, 3.8) is 0 Å². The summed E-state index contributed by atoms with van der Waals surface area (Å²) in [7, 11) is 0. The highest BCUT2D eigenvalue weighted by Gasteiger charge is 2.09. The summed E-state index contributed by atoms with van der Waals surface area (Å²) in [6.45, 7) is 3.02. The summed E-state index contributed by atoms with van der Waals surface area (Å²) in [5.74, 6) is 0.713. The van der Waals surface area contributed by atoms with Crippen LogP contribution < -0.4 is 5.32 Å². The van der Waals surface area contributed by atoms with Gasteiger partial charge in [0.2, 0.25) is 5.95 Å². The monoisotopic (exact) mass is 301 g/mol. The first-order chi connectivity index (χ1) is 9.86. The van der Waals surface area contributed by atoms with Gasteiger partial charge < -0.3 is 5.32 Å². The van der Waals surface area contributed by atoms with Gasteiger partial charge in [0.15, 0.2) is 0 Å². The molecule has 0 aliphatic heterocycles. The molecule has 0 radical (unpaired) electrons. The Hall–Kier alpha value is -1.59. The average Bonchev–Trinajstić information content (AvgIpc) is 2.98. The lowest BCUT2D eigenvalue weighted by Gasteiger charge is -2.08. The molecule has 0 atom stereocenters. The average molecular weight is 301 g/mol. The lowest BCUT2D eigenvalue weighted by atomic mass is 10.2. The third-order valence-electron chi connectivity index (χ3n) is 2.79. The van der Waals surface area contributed by atoms with E-state index in [-0.39, 0.29) is 0 Å². The molecule has 2 aromatic heterocycles. The van der Waals surface area contributed by atoms with Crippen LogP contribution in [-0.4, -0.2) is 16.5 Å². The molecule has 20 heavy (non-hydrogen) atoms. The Kier molecular flexibility index (Phi) is 4.18. The molecule has 1 N–H and O–H groups in total. The zero-order valence-corrected chi connectivity index (χ0v) is 12.8. The van der Waals surface area contributed by atoms with Crippen molar-refractivity contribution >= 4 is 39.9 Å².